The minimum Gasteiger partial charge on any atom is -0.450 e. The highest BCUT2D eigenvalue weighted by atomic mass is 16.5. The van der Waals surface area contributed by atoms with Crippen molar-refractivity contribution in [3.63, 3.8) is 0 Å². The van der Waals surface area contributed by atoms with Gasteiger partial charge in [0.05, 0.1) is 6.61 Å². The van der Waals surface area contributed by atoms with Crippen molar-refractivity contribution in [2.45, 2.75) is 13.8 Å². The number of hydrogen-bond acceptors (Lipinski definition) is 2. The van der Waals surface area contributed by atoms with E-state index in [1.54, 1.807) is 13.8 Å². The van der Waals surface area contributed by atoms with E-state index < -0.39 is 6.09 Å². The number of allylic oxidation sites excluding steroid dienone is 1. The third-order valence-corrected chi connectivity index (χ3v) is 0.591. The second-order valence-electron chi connectivity index (χ2n) is 1.63. The molecular formula is C6H11NO2. The summed E-state index contributed by atoms with van der Waals surface area (Å²) in [5.74, 6) is 0. The lowest BCUT2D eigenvalue weighted by atomic mass is 10.6. The van der Waals surface area contributed by atoms with Crippen LogP contribution in [0.4, 0.5) is 4.79 Å². The van der Waals surface area contributed by atoms with Crippen molar-refractivity contribution >= 4 is 6.09 Å². The van der Waals surface area contributed by atoms with Crippen LogP contribution in [-0.2, 0) is 4.74 Å². The summed E-state index contributed by atoms with van der Waals surface area (Å²) in [5.41, 5.74) is 0.591. The van der Waals surface area contributed by atoms with E-state index in [0.717, 1.165) is 0 Å². The fourth-order valence-corrected chi connectivity index (χ4v) is 0.341. The lowest BCUT2D eigenvalue weighted by Crippen LogP contribution is -2.21. The van der Waals surface area contributed by atoms with E-state index in [2.05, 4.69) is 16.6 Å². The van der Waals surface area contributed by atoms with Gasteiger partial charge in [0.2, 0.25) is 0 Å². The highest BCUT2D eigenvalue weighted by Crippen LogP contribution is 1.81. The summed E-state index contributed by atoms with van der Waals surface area (Å²) < 4.78 is 4.54. The first-order chi connectivity index (χ1) is 4.16. The van der Waals surface area contributed by atoms with Gasteiger partial charge in [-0.2, -0.15) is 0 Å². The van der Waals surface area contributed by atoms with Crippen LogP contribution in [0.2, 0.25) is 0 Å². The molecule has 0 aliphatic rings. The average Bonchev–Trinajstić information content (AvgIpc) is 1.63. The van der Waals surface area contributed by atoms with Crippen LogP contribution >= 0.6 is 0 Å². The zero-order valence-corrected chi connectivity index (χ0v) is 5.73. The smallest absolute Gasteiger partial charge is 0.411 e. The van der Waals surface area contributed by atoms with Crippen LogP contribution in [0.15, 0.2) is 12.3 Å². The van der Waals surface area contributed by atoms with E-state index in [1.165, 1.54) is 0 Å². The molecule has 0 saturated heterocycles. The van der Waals surface area contributed by atoms with Gasteiger partial charge in [-0.25, -0.2) is 4.79 Å². The van der Waals surface area contributed by atoms with E-state index >= 15 is 0 Å². The Balaban J connectivity index is 3.39. The molecule has 0 bridgehead atoms. The van der Waals surface area contributed by atoms with Crippen LogP contribution in [0.25, 0.3) is 0 Å². The molecule has 52 valence electrons. The monoisotopic (exact) mass is 129 g/mol. The molecule has 0 rings (SSSR count). The Hall–Kier alpha value is -0.990. The van der Waals surface area contributed by atoms with Gasteiger partial charge in [-0.1, -0.05) is 6.58 Å². The Morgan fingerprint density at radius 3 is 2.67 bits per heavy atom. The van der Waals surface area contributed by atoms with Crippen molar-refractivity contribution in [2.24, 2.45) is 0 Å². The van der Waals surface area contributed by atoms with Crippen molar-refractivity contribution < 1.29 is 9.53 Å². The first-order valence-corrected chi connectivity index (χ1v) is 2.76. The topological polar surface area (TPSA) is 38.3 Å². The van der Waals surface area contributed by atoms with Crippen molar-refractivity contribution in [1.29, 1.82) is 0 Å². The minimum absolute atomic E-state index is 0.388. The molecular weight excluding hydrogens is 118 g/mol. The first-order valence-electron chi connectivity index (χ1n) is 2.76. The summed E-state index contributed by atoms with van der Waals surface area (Å²) in [7, 11) is 0. The lowest BCUT2D eigenvalue weighted by Gasteiger charge is -2.01. The highest BCUT2D eigenvalue weighted by molar-refractivity contribution is 5.69. The summed E-state index contributed by atoms with van der Waals surface area (Å²) in [4.78, 5) is 10.5. The summed E-state index contributed by atoms with van der Waals surface area (Å²) in [5, 5.41) is 2.39. The van der Waals surface area contributed by atoms with Gasteiger partial charge in [-0.05, 0) is 13.8 Å². The van der Waals surface area contributed by atoms with Crippen LogP contribution in [-0.4, -0.2) is 12.7 Å². The molecule has 0 atom stereocenters. The van der Waals surface area contributed by atoms with E-state index in [-0.39, 0.29) is 0 Å². The molecule has 1 N–H and O–H groups in total. The third kappa shape index (κ3) is 4.87. The molecule has 0 aromatic carbocycles. The molecule has 0 unspecified atom stereocenters. The van der Waals surface area contributed by atoms with Gasteiger partial charge in [0, 0.05) is 5.70 Å². The number of carbonyl (C=O) groups excluding carboxylic acids is 1. The molecule has 0 aromatic rings. The van der Waals surface area contributed by atoms with Crippen molar-refractivity contribution in [2.75, 3.05) is 6.61 Å². The fourth-order valence-electron chi connectivity index (χ4n) is 0.341. The number of carbonyl (C=O) groups is 1. The maximum Gasteiger partial charge on any atom is 0.411 e. The van der Waals surface area contributed by atoms with E-state index in [4.69, 9.17) is 0 Å². The van der Waals surface area contributed by atoms with E-state index in [1.807, 2.05) is 0 Å². The molecule has 0 fully saturated rings. The Labute approximate surface area is 54.7 Å². The highest BCUT2D eigenvalue weighted by Gasteiger charge is 1.96. The second kappa shape index (κ2) is 3.95. The van der Waals surface area contributed by atoms with Crippen LogP contribution < -0.4 is 5.32 Å². The zero-order valence-electron chi connectivity index (χ0n) is 5.73. The normalized spacial score (nSPS) is 8.22. The SMILES string of the molecule is C=C(C)NC(=O)OCC. The first kappa shape index (κ1) is 8.01. The second-order valence-corrected chi connectivity index (χ2v) is 1.63. The maximum atomic E-state index is 10.5. The van der Waals surface area contributed by atoms with Gasteiger partial charge in [0.15, 0.2) is 0 Å². The fraction of sp³-hybridized carbons (Fsp3) is 0.500. The third-order valence-electron chi connectivity index (χ3n) is 0.591. The number of alkyl carbamates (subject to hydrolysis) is 1. The maximum absolute atomic E-state index is 10.5. The Morgan fingerprint density at radius 2 is 2.33 bits per heavy atom. The summed E-state index contributed by atoms with van der Waals surface area (Å²) in [6.45, 7) is 7.29. The molecule has 3 heteroatoms. The molecule has 0 saturated carbocycles. The van der Waals surface area contributed by atoms with Crippen molar-refractivity contribution in [1.82, 2.24) is 5.32 Å². The van der Waals surface area contributed by atoms with E-state index in [9.17, 15) is 4.79 Å². The Kier molecular flexibility index (Phi) is 3.51. The number of rotatable bonds is 2. The van der Waals surface area contributed by atoms with Crippen molar-refractivity contribution in [3.05, 3.63) is 12.3 Å². The van der Waals surface area contributed by atoms with Gasteiger partial charge in [-0.15, -0.1) is 0 Å². The number of amides is 1. The van der Waals surface area contributed by atoms with Gasteiger partial charge >= 0.3 is 6.09 Å². The number of nitrogens with one attached hydrogen (secondary N) is 1. The van der Waals surface area contributed by atoms with Gasteiger partial charge in [0.1, 0.15) is 0 Å². The van der Waals surface area contributed by atoms with E-state index in [0.29, 0.717) is 12.3 Å². The Bertz CT molecular complexity index is 120. The molecule has 0 aromatic heterocycles. The van der Waals surface area contributed by atoms with Crippen LogP contribution in [0.1, 0.15) is 13.8 Å². The van der Waals surface area contributed by atoms with Crippen LogP contribution in [0.3, 0.4) is 0 Å². The summed E-state index contributed by atoms with van der Waals surface area (Å²) in [6.07, 6.45) is -0.440. The minimum atomic E-state index is -0.440. The molecule has 0 aliphatic heterocycles. The van der Waals surface area contributed by atoms with Gasteiger partial charge in [0.25, 0.3) is 0 Å². The lowest BCUT2D eigenvalue weighted by molar-refractivity contribution is 0.155. The van der Waals surface area contributed by atoms with Crippen LogP contribution in [0, 0.1) is 0 Å². The van der Waals surface area contributed by atoms with Crippen LogP contribution in [0.5, 0.6) is 0 Å². The molecule has 1 amide bonds. The number of ether oxygens (including phenoxy) is 1. The molecule has 0 heterocycles. The quantitative estimate of drug-likeness (QED) is 0.609. The Morgan fingerprint density at radius 1 is 1.78 bits per heavy atom. The molecule has 9 heavy (non-hydrogen) atoms. The average molecular weight is 129 g/mol. The molecule has 0 radical (unpaired) electrons. The molecule has 0 aliphatic carbocycles. The van der Waals surface area contributed by atoms with Gasteiger partial charge < -0.3 is 4.74 Å². The largest absolute Gasteiger partial charge is 0.450 e. The summed E-state index contributed by atoms with van der Waals surface area (Å²) in [6, 6.07) is 0. The summed E-state index contributed by atoms with van der Waals surface area (Å²) >= 11 is 0. The zero-order chi connectivity index (χ0) is 7.28. The van der Waals surface area contributed by atoms with Gasteiger partial charge in [-0.3, -0.25) is 5.32 Å². The standard InChI is InChI=1S/C6H11NO2/c1-4-9-6(8)7-5(2)3/h2,4H2,1,3H3,(H,7,8). The predicted molar refractivity (Wildman–Crippen MR) is 35.0 cm³/mol. The molecule has 3 nitrogen and oxygen atoms in total. The number of hydrogen-bond donors (Lipinski definition) is 1. The predicted octanol–water partition coefficient (Wildman–Crippen LogP) is 1.27. The molecule has 0 spiro atoms. The van der Waals surface area contributed by atoms with Crippen molar-refractivity contribution in [3.8, 4) is 0 Å².